The number of rotatable bonds is 2. The maximum Gasteiger partial charge on any atom is 0.137 e. The maximum atomic E-state index is 5.07. The van der Waals surface area contributed by atoms with Gasteiger partial charge in [-0.3, -0.25) is 4.99 Å². The minimum Gasteiger partial charge on any atom is -0.343 e. The molecule has 1 aliphatic carbocycles. The second-order valence-corrected chi connectivity index (χ2v) is 7.70. The standard InChI is InChI=1S/C22H24N4/c1-4-10-22(11-5-1)14-17-7-2-3-9-19(17)26-21(22)24-15-18-13-16-8-6-12-23-20(16)25-18/h2-3,6-9,12-13H,1,4-5,10-11,14-15H2,(H,23,25)(H,24,26). The molecule has 1 saturated carbocycles. The number of hydrogen-bond donors (Lipinski definition) is 2. The summed E-state index contributed by atoms with van der Waals surface area (Å²) >= 11 is 0. The molecule has 0 unspecified atom stereocenters. The first kappa shape index (κ1) is 15.6. The molecule has 2 N–H and O–H groups in total. The van der Waals surface area contributed by atoms with Gasteiger partial charge in [0, 0.05) is 28.4 Å². The van der Waals surface area contributed by atoms with E-state index in [1.165, 1.54) is 49.2 Å². The predicted molar refractivity (Wildman–Crippen MR) is 107 cm³/mol. The van der Waals surface area contributed by atoms with Crippen LogP contribution in [0.25, 0.3) is 11.0 Å². The third-order valence-electron chi connectivity index (χ3n) is 5.97. The second kappa shape index (κ2) is 6.27. The Morgan fingerprint density at radius 2 is 1.92 bits per heavy atom. The number of amidine groups is 1. The van der Waals surface area contributed by atoms with Crippen molar-refractivity contribution in [2.24, 2.45) is 10.4 Å². The zero-order valence-electron chi connectivity index (χ0n) is 15.0. The lowest BCUT2D eigenvalue weighted by molar-refractivity contribution is 0.278. The van der Waals surface area contributed by atoms with Gasteiger partial charge in [-0.2, -0.15) is 0 Å². The molecule has 1 fully saturated rings. The van der Waals surface area contributed by atoms with E-state index in [-0.39, 0.29) is 5.41 Å². The van der Waals surface area contributed by atoms with E-state index in [4.69, 9.17) is 4.99 Å². The third-order valence-corrected chi connectivity index (χ3v) is 5.97. The Kier molecular flexibility index (Phi) is 3.77. The van der Waals surface area contributed by atoms with Crippen molar-refractivity contribution < 1.29 is 0 Å². The van der Waals surface area contributed by atoms with Crippen LogP contribution in [0.1, 0.15) is 43.4 Å². The Labute approximate surface area is 153 Å². The number of aliphatic imine (C=N–C) groups is 1. The summed E-state index contributed by atoms with van der Waals surface area (Å²) in [6, 6.07) is 14.9. The molecule has 132 valence electrons. The lowest BCUT2D eigenvalue weighted by atomic mass is 9.67. The summed E-state index contributed by atoms with van der Waals surface area (Å²) in [6.07, 6.45) is 9.37. The fourth-order valence-corrected chi connectivity index (χ4v) is 4.62. The van der Waals surface area contributed by atoms with Gasteiger partial charge in [-0.25, -0.2) is 4.98 Å². The van der Waals surface area contributed by atoms with Crippen molar-refractivity contribution in [3.05, 3.63) is 59.9 Å². The molecule has 4 nitrogen and oxygen atoms in total. The number of nitrogens with one attached hydrogen (secondary N) is 2. The van der Waals surface area contributed by atoms with E-state index in [1.807, 2.05) is 12.3 Å². The van der Waals surface area contributed by atoms with Crippen molar-refractivity contribution in [2.75, 3.05) is 5.32 Å². The summed E-state index contributed by atoms with van der Waals surface area (Å²) in [7, 11) is 0. The normalized spacial score (nSPS) is 20.2. The second-order valence-electron chi connectivity index (χ2n) is 7.70. The fourth-order valence-electron chi connectivity index (χ4n) is 4.62. The van der Waals surface area contributed by atoms with Crippen molar-refractivity contribution in [2.45, 2.75) is 45.1 Å². The Morgan fingerprint density at radius 3 is 2.81 bits per heavy atom. The number of nitrogens with zero attached hydrogens (tertiary/aromatic N) is 2. The van der Waals surface area contributed by atoms with Gasteiger partial charge in [-0.05, 0) is 49.1 Å². The molecule has 26 heavy (non-hydrogen) atoms. The van der Waals surface area contributed by atoms with Gasteiger partial charge < -0.3 is 10.3 Å². The van der Waals surface area contributed by atoms with Gasteiger partial charge >= 0.3 is 0 Å². The molecule has 1 aromatic carbocycles. The SMILES string of the molecule is c1ccc2c(c1)CC1(CCCCC1)C(=NCc1cc3cccnc3[nH]1)N2. The minimum atomic E-state index is 0.191. The number of anilines is 1. The molecule has 1 aliphatic heterocycles. The number of pyridine rings is 1. The van der Waals surface area contributed by atoms with Gasteiger partial charge in [-0.15, -0.1) is 0 Å². The van der Waals surface area contributed by atoms with Crippen LogP contribution in [0.15, 0.2) is 53.7 Å². The van der Waals surface area contributed by atoms with Crippen LogP contribution in [0.2, 0.25) is 0 Å². The zero-order valence-corrected chi connectivity index (χ0v) is 15.0. The molecule has 4 heteroatoms. The molecule has 0 radical (unpaired) electrons. The summed E-state index contributed by atoms with van der Waals surface area (Å²) in [5.74, 6) is 1.18. The number of aromatic amines is 1. The summed E-state index contributed by atoms with van der Waals surface area (Å²) in [5, 5.41) is 4.83. The van der Waals surface area contributed by atoms with E-state index in [1.54, 1.807) is 0 Å². The number of fused-ring (bicyclic) bond motifs is 2. The number of para-hydroxylation sites is 1. The van der Waals surface area contributed by atoms with E-state index < -0.39 is 0 Å². The van der Waals surface area contributed by atoms with Gasteiger partial charge in [0.2, 0.25) is 0 Å². The molecule has 0 amide bonds. The lowest BCUT2D eigenvalue weighted by Crippen LogP contribution is -2.43. The monoisotopic (exact) mass is 344 g/mol. The molecule has 3 aromatic rings. The Morgan fingerprint density at radius 1 is 1.04 bits per heavy atom. The Bertz CT molecular complexity index is 930. The number of hydrogen-bond acceptors (Lipinski definition) is 2. The molecule has 0 bridgehead atoms. The summed E-state index contributed by atoms with van der Waals surface area (Å²) in [5.41, 5.74) is 4.91. The summed E-state index contributed by atoms with van der Waals surface area (Å²) in [6.45, 7) is 0.669. The van der Waals surface area contributed by atoms with Crippen LogP contribution >= 0.6 is 0 Å². The third kappa shape index (κ3) is 2.70. The minimum absolute atomic E-state index is 0.191. The summed E-state index contributed by atoms with van der Waals surface area (Å²) in [4.78, 5) is 12.9. The molecule has 5 rings (SSSR count). The number of benzene rings is 1. The number of H-pyrrole nitrogens is 1. The van der Waals surface area contributed by atoms with Crippen LogP contribution in [0.4, 0.5) is 5.69 Å². The molecular weight excluding hydrogens is 320 g/mol. The highest BCUT2D eigenvalue weighted by atomic mass is 15.0. The van der Waals surface area contributed by atoms with Crippen LogP contribution in [-0.2, 0) is 13.0 Å². The zero-order chi connectivity index (χ0) is 17.4. The molecule has 0 saturated heterocycles. The van der Waals surface area contributed by atoms with Crippen molar-refractivity contribution >= 4 is 22.6 Å². The van der Waals surface area contributed by atoms with E-state index in [0.29, 0.717) is 6.54 Å². The van der Waals surface area contributed by atoms with Gasteiger partial charge in [0.1, 0.15) is 11.5 Å². The average molecular weight is 344 g/mol. The quantitative estimate of drug-likeness (QED) is 0.681. The fraction of sp³-hybridized carbons (Fsp3) is 0.364. The largest absolute Gasteiger partial charge is 0.343 e. The average Bonchev–Trinajstić information content (AvgIpc) is 3.10. The maximum absolute atomic E-state index is 5.07. The topological polar surface area (TPSA) is 53.1 Å². The Hall–Kier alpha value is -2.62. The molecule has 2 aromatic heterocycles. The highest BCUT2D eigenvalue weighted by molar-refractivity contribution is 6.02. The van der Waals surface area contributed by atoms with E-state index in [9.17, 15) is 0 Å². The van der Waals surface area contributed by atoms with Gasteiger partial charge in [0.05, 0.1) is 6.54 Å². The molecule has 1 spiro atoms. The van der Waals surface area contributed by atoms with Crippen molar-refractivity contribution in [3.63, 3.8) is 0 Å². The first-order chi connectivity index (χ1) is 12.8. The van der Waals surface area contributed by atoms with Crippen LogP contribution in [-0.4, -0.2) is 15.8 Å². The van der Waals surface area contributed by atoms with E-state index in [0.717, 1.165) is 23.1 Å². The number of aromatic nitrogens is 2. The molecule has 0 atom stereocenters. The van der Waals surface area contributed by atoms with Gasteiger partial charge in [0.25, 0.3) is 0 Å². The first-order valence-electron chi connectivity index (χ1n) is 9.65. The van der Waals surface area contributed by atoms with Crippen LogP contribution < -0.4 is 5.32 Å². The highest BCUT2D eigenvalue weighted by Crippen LogP contribution is 2.45. The molecule has 2 aliphatic rings. The first-order valence-corrected chi connectivity index (χ1v) is 9.65. The van der Waals surface area contributed by atoms with Crippen LogP contribution in [0.5, 0.6) is 0 Å². The summed E-state index contributed by atoms with van der Waals surface area (Å²) < 4.78 is 0. The van der Waals surface area contributed by atoms with Gasteiger partial charge in [0.15, 0.2) is 0 Å². The predicted octanol–water partition coefficient (Wildman–Crippen LogP) is 5.08. The van der Waals surface area contributed by atoms with E-state index >= 15 is 0 Å². The highest BCUT2D eigenvalue weighted by Gasteiger charge is 2.40. The van der Waals surface area contributed by atoms with Crippen molar-refractivity contribution in [1.29, 1.82) is 0 Å². The Balaban J connectivity index is 1.49. The van der Waals surface area contributed by atoms with Crippen molar-refractivity contribution in [1.82, 2.24) is 9.97 Å². The van der Waals surface area contributed by atoms with E-state index in [2.05, 4.69) is 51.7 Å². The molecular formula is C22H24N4. The van der Waals surface area contributed by atoms with Crippen LogP contribution in [0, 0.1) is 5.41 Å². The molecule has 3 heterocycles. The smallest absolute Gasteiger partial charge is 0.137 e. The van der Waals surface area contributed by atoms with Crippen LogP contribution in [0.3, 0.4) is 0 Å². The lowest BCUT2D eigenvalue weighted by Gasteiger charge is -2.42. The van der Waals surface area contributed by atoms with Crippen molar-refractivity contribution in [3.8, 4) is 0 Å². The van der Waals surface area contributed by atoms with Gasteiger partial charge in [-0.1, -0.05) is 37.5 Å².